The van der Waals surface area contributed by atoms with Gasteiger partial charge in [-0.15, -0.1) is 0 Å². The molecule has 0 radical (unpaired) electrons. The molecule has 0 spiro atoms. The minimum Gasteiger partial charge on any atom is -0.307 e. The van der Waals surface area contributed by atoms with Crippen LogP contribution in [-0.4, -0.2) is 20.9 Å². The summed E-state index contributed by atoms with van der Waals surface area (Å²) in [6.07, 6.45) is 0. The molecular weight excluding hydrogens is 372 g/mol. The monoisotopic (exact) mass is 394 g/mol. The average molecular weight is 394 g/mol. The van der Waals surface area contributed by atoms with Crippen LogP contribution in [0.1, 0.15) is 11.1 Å². The lowest BCUT2D eigenvalue weighted by Gasteiger charge is -2.23. The van der Waals surface area contributed by atoms with Crippen molar-refractivity contribution < 1.29 is 13.2 Å². The van der Waals surface area contributed by atoms with Crippen molar-refractivity contribution in [2.24, 2.45) is 0 Å². The molecule has 1 amide bonds. The van der Waals surface area contributed by atoms with Gasteiger partial charge in [0, 0.05) is 5.69 Å². The van der Waals surface area contributed by atoms with Gasteiger partial charge >= 0.3 is 0 Å². The highest BCUT2D eigenvalue weighted by molar-refractivity contribution is 7.89. The van der Waals surface area contributed by atoms with E-state index in [4.69, 9.17) is 0 Å². The van der Waals surface area contributed by atoms with Crippen molar-refractivity contribution in [3.63, 3.8) is 0 Å². The maximum atomic E-state index is 12.9. The Labute approximate surface area is 165 Å². The first-order valence-electron chi connectivity index (χ1n) is 8.91. The Hall–Kier alpha value is -2.96. The third kappa shape index (κ3) is 5.06. The number of hydrogen-bond donors (Lipinski definition) is 1. The van der Waals surface area contributed by atoms with Crippen LogP contribution in [0.5, 0.6) is 0 Å². The number of amides is 1. The highest BCUT2D eigenvalue weighted by Crippen LogP contribution is 2.17. The van der Waals surface area contributed by atoms with Crippen molar-refractivity contribution in [2.45, 2.75) is 18.4 Å². The molecule has 0 aromatic heterocycles. The van der Waals surface area contributed by atoms with Crippen LogP contribution in [0.25, 0.3) is 0 Å². The molecule has 0 unspecified atom stereocenters. The molecule has 5 nitrogen and oxygen atoms in total. The summed E-state index contributed by atoms with van der Waals surface area (Å²) in [5, 5.41) is 0. The summed E-state index contributed by atoms with van der Waals surface area (Å²) in [5.74, 6) is -0.328. The van der Waals surface area contributed by atoms with Crippen molar-refractivity contribution in [3.05, 3.63) is 96.1 Å². The molecule has 3 aromatic carbocycles. The maximum Gasteiger partial charge on any atom is 0.242 e. The molecule has 0 aliphatic rings. The van der Waals surface area contributed by atoms with Crippen LogP contribution in [-0.2, 0) is 21.4 Å². The van der Waals surface area contributed by atoms with Gasteiger partial charge in [0.1, 0.15) is 0 Å². The van der Waals surface area contributed by atoms with E-state index in [9.17, 15) is 13.2 Å². The first kappa shape index (κ1) is 19.8. The molecule has 1 N–H and O–H groups in total. The number of carbonyl (C=O) groups is 1. The van der Waals surface area contributed by atoms with Gasteiger partial charge in [-0.3, -0.25) is 4.79 Å². The van der Waals surface area contributed by atoms with E-state index in [1.807, 2.05) is 73.7 Å². The van der Waals surface area contributed by atoms with E-state index in [0.717, 1.165) is 11.1 Å². The highest BCUT2D eigenvalue weighted by atomic mass is 32.2. The Bertz CT molecular complexity index is 1040. The zero-order chi connectivity index (χ0) is 20.0. The number of nitrogens with one attached hydrogen (secondary N) is 1. The second-order valence-electron chi connectivity index (χ2n) is 6.44. The number of carbonyl (C=O) groups excluding carboxylic acids is 1. The summed E-state index contributed by atoms with van der Waals surface area (Å²) in [5.41, 5.74) is 2.51. The van der Waals surface area contributed by atoms with E-state index in [1.54, 1.807) is 17.0 Å². The molecule has 0 fully saturated rings. The van der Waals surface area contributed by atoms with Crippen LogP contribution in [0.2, 0.25) is 0 Å². The quantitative estimate of drug-likeness (QED) is 0.667. The molecule has 0 aliphatic heterocycles. The van der Waals surface area contributed by atoms with E-state index >= 15 is 0 Å². The van der Waals surface area contributed by atoms with Crippen LogP contribution < -0.4 is 9.62 Å². The van der Waals surface area contributed by atoms with Crippen LogP contribution in [0.15, 0.2) is 89.8 Å². The predicted octanol–water partition coefficient (Wildman–Crippen LogP) is 3.51. The number of anilines is 1. The molecule has 0 saturated heterocycles. The Morgan fingerprint density at radius 3 is 2.18 bits per heavy atom. The number of sulfonamides is 1. The van der Waals surface area contributed by atoms with E-state index in [-0.39, 0.29) is 17.3 Å². The van der Waals surface area contributed by atoms with Gasteiger partial charge < -0.3 is 4.90 Å². The highest BCUT2D eigenvalue weighted by Gasteiger charge is 2.20. The molecule has 0 heterocycles. The summed E-state index contributed by atoms with van der Waals surface area (Å²) >= 11 is 0. The number of rotatable bonds is 7. The van der Waals surface area contributed by atoms with Crippen LogP contribution in [0, 0.1) is 6.92 Å². The number of aryl methyl sites for hydroxylation is 1. The number of nitrogens with zero attached hydrogens (tertiary/aromatic N) is 1. The minimum absolute atomic E-state index is 0.148. The summed E-state index contributed by atoms with van der Waals surface area (Å²) in [6.45, 7) is 1.86. The van der Waals surface area contributed by atoms with E-state index < -0.39 is 10.0 Å². The van der Waals surface area contributed by atoms with Gasteiger partial charge in [0.2, 0.25) is 15.9 Å². The first-order valence-corrected chi connectivity index (χ1v) is 10.4. The molecule has 28 heavy (non-hydrogen) atoms. The smallest absolute Gasteiger partial charge is 0.242 e. The zero-order valence-corrected chi connectivity index (χ0v) is 16.4. The summed E-state index contributed by atoms with van der Waals surface area (Å²) in [6, 6.07) is 25.4. The maximum absolute atomic E-state index is 12.9. The summed E-state index contributed by atoms with van der Waals surface area (Å²) in [4.78, 5) is 14.6. The molecule has 0 bridgehead atoms. The molecule has 6 heteroatoms. The average Bonchev–Trinajstić information content (AvgIpc) is 2.72. The van der Waals surface area contributed by atoms with Gasteiger partial charge in [-0.2, -0.15) is 0 Å². The Kier molecular flexibility index (Phi) is 6.23. The fourth-order valence-electron chi connectivity index (χ4n) is 2.82. The van der Waals surface area contributed by atoms with Gasteiger partial charge in [-0.05, 0) is 42.3 Å². The first-order chi connectivity index (χ1) is 13.5. The number of para-hydroxylation sites is 1. The third-order valence-corrected chi connectivity index (χ3v) is 5.66. The Morgan fingerprint density at radius 1 is 0.893 bits per heavy atom. The van der Waals surface area contributed by atoms with Crippen molar-refractivity contribution in [3.8, 4) is 0 Å². The van der Waals surface area contributed by atoms with E-state index in [1.165, 1.54) is 6.07 Å². The Morgan fingerprint density at radius 2 is 1.54 bits per heavy atom. The standard InChI is InChI=1S/C22H22N2O3S/c1-18-9-8-14-21(15-18)28(26,27)23-16-22(25)24(20-12-6-3-7-13-20)17-19-10-4-2-5-11-19/h2-15,23H,16-17H2,1H3. The lowest BCUT2D eigenvalue weighted by atomic mass is 10.2. The van der Waals surface area contributed by atoms with E-state index in [0.29, 0.717) is 12.2 Å². The molecule has 0 saturated carbocycles. The molecule has 0 aliphatic carbocycles. The topological polar surface area (TPSA) is 66.5 Å². The SMILES string of the molecule is Cc1cccc(S(=O)(=O)NCC(=O)N(Cc2ccccc2)c2ccccc2)c1. The molecule has 3 aromatic rings. The zero-order valence-electron chi connectivity index (χ0n) is 15.6. The second-order valence-corrected chi connectivity index (χ2v) is 8.21. The predicted molar refractivity (Wildman–Crippen MR) is 110 cm³/mol. The third-order valence-electron chi connectivity index (χ3n) is 4.27. The van der Waals surface area contributed by atoms with Crippen LogP contribution in [0.4, 0.5) is 5.69 Å². The van der Waals surface area contributed by atoms with E-state index in [2.05, 4.69) is 4.72 Å². The van der Waals surface area contributed by atoms with Gasteiger partial charge in [0.25, 0.3) is 0 Å². The van der Waals surface area contributed by atoms with Gasteiger partial charge in [-0.1, -0.05) is 60.7 Å². The lowest BCUT2D eigenvalue weighted by molar-refractivity contribution is -0.117. The summed E-state index contributed by atoms with van der Waals surface area (Å²) in [7, 11) is -3.76. The normalized spacial score (nSPS) is 11.2. The minimum atomic E-state index is -3.76. The van der Waals surface area contributed by atoms with Gasteiger partial charge in [-0.25, -0.2) is 13.1 Å². The van der Waals surface area contributed by atoms with Crippen LogP contribution >= 0.6 is 0 Å². The fourth-order valence-corrected chi connectivity index (χ4v) is 3.89. The largest absolute Gasteiger partial charge is 0.307 e. The number of hydrogen-bond acceptors (Lipinski definition) is 3. The molecule has 0 atom stereocenters. The van der Waals surface area contributed by atoms with Crippen LogP contribution in [0.3, 0.4) is 0 Å². The van der Waals surface area contributed by atoms with Crippen molar-refractivity contribution in [2.75, 3.05) is 11.4 Å². The number of benzene rings is 3. The van der Waals surface area contributed by atoms with Crippen molar-refractivity contribution >= 4 is 21.6 Å². The Balaban J connectivity index is 1.78. The summed E-state index contributed by atoms with van der Waals surface area (Å²) < 4.78 is 27.5. The molecule has 144 valence electrons. The van der Waals surface area contributed by atoms with Gasteiger partial charge in [0.15, 0.2) is 0 Å². The van der Waals surface area contributed by atoms with Gasteiger partial charge in [0.05, 0.1) is 18.0 Å². The fraction of sp³-hybridized carbons (Fsp3) is 0.136. The van der Waals surface area contributed by atoms with Crippen molar-refractivity contribution in [1.29, 1.82) is 0 Å². The molecular formula is C22H22N2O3S. The lowest BCUT2D eigenvalue weighted by Crippen LogP contribution is -2.40. The second kappa shape index (κ2) is 8.82. The molecule has 3 rings (SSSR count). The van der Waals surface area contributed by atoms with Crippen molar-refractivity contribution in [1.82, 2.24) is 4.72 Å².